The van der Waals surface area contributed by atoms with Crippen molar-refractivity contribution < 1.29 is 4.79 Å². The summed E-state index contributed by atoms with van der Waals surface area (Å²) in [6.07, 6.45) is 6.46. The molecule has 18 heavy (non-hydrogen) atoms. The Morgan fingerprint density at radius 3 is 2.89 bits per heavy atom. The van der Waals surface area contributed by atoms with Gasteiger partial charge in [0.1, 0.15) is 5.82 Å². The van der Waals surface area contributed by atoms with Crippen LogP contribution in [0.5, 0.6) is 0 Å². The van der Waals surface area contributed by atoms with Crippen LogP contribution in [-0.2, 0) is 11.3 Å². The van der Waals surface area contributed by atoms with E-state index in [1.807, 2.05) is 12.3 Å². The topological polar surface area (TPSA) is 45.2 Å². The summed E-state index contributed by atoms with van der Waals surface area (Å²) >= 11 is 0. The highest BCUT2D eigenvalue weighted by Crippen LogP contribution is 2.28. The van der Waals surface area contributed by atoms with Gasteiger partial charge >= 0.3 is 0 Å². The zero-order valence-corrected chi connectivity index (χ0v) is 10.6. The number of hydrogen-bond acceptors (Lipinski definition) is 3. The third-order valence-corrected chi connectivity index (χ3v) is 3.65. The van der Waals surface area contributed by atoms with Crippen molar-refractivity contribution in [3.8, 4) is 0 Å². The Morgan fingerprint density at radius 2 is 2.17 bits per heavy atom. The molecule has 1 N–H and O–H groups in total. The lowest BCUT2D eigenvalue weighted by Gasteiger charge is -2.16. The monoisotopic (exact) mass is 245 g/mol. The average Bonchev–Trinajstić information content (AvgIpc) is 3.11. The van der Waals surface area contributed by atoms with E-state index < -0.39 is 0 Å². The summed E-state index contributed by atoms with van der Waals surface area (Å²) in [7, 11) is 0. The van der Waals surface area contributed by atoms with Gasteiger partial charge in [0.2, 0.25) is 5.91 Å². The maximum absolute atomic E-state index is 11.6. The Kier molecular flexibility index (Phi) is 3.17. The second kappa shape index (κ2) is 4.96. The lowest BCUT2D eigenvalue weighted by Crippen LogP contribution is -2.24. The fourth-order valence-electron chi connectivity index (χ4n) is 2.37. The summed E-state index contributed by atoms with van der Waals surface area (Å²) in [5.41, 5.74) is 1.14. The Hall–Kier alpha value is -1.58. The van der Waals surface area contributed by atoms with E-state index in [0.717, 1.165) is 37.3 Å². The Morgan fingerprint density at radius 1 is 1.39 bits per heavy atom. The molecule has 1 amide bonds. The van der Waals surface area contributed by atoms with Gasteiger partial charge in [0, 0.05) is 31.7 Å². The van der Waals surface area contributed by atoms with Gasteiger partial charge in [0.05, 0.1) is 0 Å². The summed E-state index contributed by atoms with van der Waals surface area (Å²) in [6, 6.07) is 4.07. The van der Waals surface area contributed by atoms with Crippen molar-refractivity contribution in [3.63, 3.8) is 0 Å². The molecule has 1 aromatic rings. The van der Waals surface area contributed by atoms with Gasteiger partial charge in [-0.25, -0.2) is 4.98 Å². The molecule has 0 aromatic carbocycles. The van der Waals surface area contributed by atoms with Gasteiger partial charge < -0.3 is 10.2 Å². The van der Waals surface area contributed by atoms with Crippen molar-refractivity contribution in [1.29, 1.82) is 0 Å². The zero-order chi connectivity index (χ0) is 12.4. The molecule has 4 nitrogen and oxygen atoms in total. The Balaban J connectivity index is 1.61. The first-order valence-electron chi connectivity index (χ1n) is 6.80. The number of hydrogen-bond donors (Lipinski definition) is 1. The van der Waals surface area contributed by atoms with Crippen molar-refractivity contribution in [2.75, 3.05) is 18.0 Å². The van der Waals surface area contributed by atoms with E-state index >= 15 is 0 Å². The molecular formula is C14H19N3O. The maximum Gasteiger partial charge on any atom is 0.223 e. The number of pyridine rings is 1. The zero-order valence-electron chi connectivity index (χ0n) is 10.6. The maximum atomic E-state index is 11.6. The number of rotatable bonds is 4. The third-order valence-electron chi connectivity index (χ3n) is 3.65. The molecule has 2 fully saturated rings. The van der Waals surface area contributed by atoms with Gasteiger partial charge in [-0.15, -0.1) is 0 Å². The van der Waals surface area contributed by atoms with E-state index in [2.05, 4.69) is 21.3 Å². The minimum Gasteiger partial charge on any atom is -0.357 e. The van der Waals surface area contributed by atoms with E-state index in [9.17, 15) is 4.79 Å². The predicted octanol–water partition coefficient (Wildman–Crippen LogP) is 1.71. The molecule has 4 heteroatoms. The van der Waals surface area contributed by atoms with Crippen molar-refractivity contribution in [2.24, 2.45) is 5.92 Å². The smallest absolute Gasteiger partial charge is 0.223 e. The van der Waals surface area contributed by atoms with Gasteiger partial charge in [-0.3, -0.25) is 4.79 Å². The van der Waals surface area contributed by atoms with Crippen molar-refractivity contribution >= 4 is 11.7 Å². The minimum atomic E-state index is 0.203. The summed E-state index contributed by atoms with van der Waals surface area (Å²) in [4.78, 5) is 18.3. The minimum absolute atomic E-state index is 0.203. The number of carbonyl (C=O) groups excluding carboxylic acids is 1. The van der Waals surface area contributed by atoms with E-state index in [-0.39, 0.29) is 11.8 Å². The number of amides is 1. The highest BCUT2D eigenvalue weighted by molar-refractivity contribution is 5.80. The first kappa shape index (κ1) is 11.5. The molecule has 1 saturated heterocycles. The molecule has 2 aliphatic rings. The summed E-state index contributed by atoms with van der Waals surface area (Å²) in [5.74, 6) is 1.53. The molecular weight excluding hydrogens is 226 g/mol. The first-order chi connectivity index (χ1) is 8.83. The number of carbonyl (C=O) groups is 1. The summed E-state index contributed by atoms with van der Waals surface area (Å²) in [6.45, 7) is 2.83. The van der Waals surface area contributed by atoms with Crippen LogP contribution in [0.1, 0.15) is 31.2 Å². The molecule has 2 heterocycles. The number of aromatic nitrogens is 1. The van der Waals surface area contributed by atoms with Gasteiger partial charge in [-0.1, -0.05) is 0 Å². The Bertz CT molecular complexity index is 436. The van der Waals surface area contributed by atoms with Crippen LogP contribution in [0.4, 0.5) is 5.82 Å². The van der Waals surface area contributed by atoms with Crippen molar-refractivity contribution in [1.82, 2.24) is 10.3 Å². The largest absolute Gasteiger partial charge is 0.357 e. The van der Waals surface area contributed by atoms with Crippen molar-refractivity contribution in [2.45, 2.75) is 32.2 Å². The van der Waals surface area contributed by atoms with Crippen LogP contribution in [0.15, 0.2) is 18.3 Å². The standard InChI is InChI=1S/C14H19N3O/c18-14(12-3-4-12)16-10-11-5-6-15-13(9-11)17-7-1-2-8-17/h5-6,9,12H,1-4,7-8,10H2,(H,16,18). The number of nitrogens with one attached hydrogen (secondary N) is 1. The quantitative estimate of drug-likeness (QED) is 0.878. The van der Waals surface area contributed by atoms with Crippen LogP contribution in [0.2, 0.25) is 0 Å². The second-order valence-corrected chi connectivity index (χ2v) is 5.21. The van der Waals surface area contributed by atoms with E-state index in [0.29, 0.717) is 6.54 Å². The lowest BCUT2D eigenvalue weighted by molar-refractivity contribution is -0.122. The van der Waals surface area contributed by atoms with Crippen molar-refractivity contribution in [3.05, 3.63) is 23.9 Å². The molecule has 0 bridgehead atoms. The molecule has 1 saturated carbocycles. The molecule has 0 atom stereocenters. The fourth-order valence-corrected chi connectivity index (χ4v) is 2.37. The highest BCUT2D eigenvalue weighted by Gasteiger charge is 2.29. The van der Waals surface area contributed by atoms with Crippen LogP contribution in [0.3, 0.4) is 0 Å². The molecule has 1 aliphatic carbocycles. The molecule has 0 radical (unpaired) electrons. The molecule has 0 unspecified atom stereocenters. The summed E-state index contributed by atoms with van der Waals surface area (Å²) in [5, 5.41) is 2.99. The highest BCUT2D eigenvalue weighted by atomic mass is 16.2. The number of anilines is 1. The van der Waals surface area contributed by atoms with Gasteiger partial charge in [-0.05, 0) is 43.4 Å². The molecule has 0 spiro atoms. The van der Waals surface area contributed by atoms with Gasteiger partial charge in [0.25, 0.3) is 0 Å². The molecule has 1 aliphatic heterocycles. The average molecular weight is 245 g/mol. The Labute approximate surface area is 107 Å². The predicted molar refractivity (Wildman–Crippen MR) is 70.3 cm³/mol. The molecule has 96 valence electrons. The third kappa shape index (κ3) is 2.63. The van der Waals surface area contributed by atoms with Gasteiger partial charge in [0.15, 0.2) is 0 Å². The van der Waals surface area contributed by atoms with E-state index in [4.69, 9.17) is 0 Å². The molecule has 3 rings (SSSR count). The SMILES string of the molecule is O=C(NCc1ccnc(N2CCCC2)c1)C1CC1. The molecule has 1 aromatic heterocycles. The first-order valence-corrected chi connectivity index (χ1v) is 6.80. The van der Waals surface area contributed by atoms with Crippen LogP contribution in [0, 0.1) is 5.92 Å². The van der Waals surface area contributed by atoms with Gasteiger partial charge in [-0.2, -0.15) is 0 Å². The van der Waals surface area contributed by atoms with E-state index in [1.54, 1.807) is 0 Å². The van der Waals surface area contributed by atoms with Crippen LogP contribution in [-0.4, -0.2) is 24.0 Å². The van der Waals surface area contributed by atoms with E-state index in [1.165, 1.54) is 12.8 Å². The number of nitrogens with zero attached hydrogens (tertiary/aromatic N) is 2. The normalized spacial score (nSPS) is 19.0. The lowest BCUT2D eigenvalue weighted by atomic mass is 10.2. The van der Waals surface area contributed by atoms with Crippen LogP contribution in [0.25, 0.3) is 0 Å². The fraction of sp³-hybridized carbons (Fsp3) is 0.571. The van der Waals surface area contributed by atoms with Crippen LogP contribution >= 0.6 is 0 Å². The second-order valence-electron chi connectivity index (χ2n) is 5.21. The summed E-state index contributed by atoms with van der Waals surface area (Å²) < 4.78 is 0. The van der Waals surface area contributed by atoms with Crippen LogP contribution < -0.4 is 10.2 Å².